The van der Waals surface area contributed by atoms with Crippen LogP contribution in [-0.2, 0) is 4.79 Å². The van der Waals surface area contributed by atoms with Crippen LogP contribution in [0.5, 0.6) is 0 Å². The first-order valence-corrected chi connectivity index (χ1v) is 4.65. The highest BCUT2D eigenvalue weighted by Gasteiger charge is 2.20. The van der Waals surface area contributed by atoms with Gasteiger partial charge in [0.2, 0.25) is 5.83 Å². The molecule has 0 aromatic heterocycles. The van der Waals surface area contributed by atoms with Crippen LogP contribution in [0.15, 0.2) is 30.1 Å². The number of fused-ring (bicyclic) bond motifs is 1. The van der Waals surface area contributed by atoms with Gasteiger partial charge in [-0.1, -0.05) is 18.2 Å². The van der Waals surface area contributed by atoms with E-state index in [9.17, 15) is 9.18 Å². The summed E-state index contributed by atoms with van der Waals surface area (Å²) >= 11 is 0. The van der Waals surface area contributed by atoms with Crippen LogP contribution in [0.1, 0.15) is 12.0 Å². The molecule has 4 heteroatoms. The summed E-state index contributed by atoms with van der Waals surface area (Å²) in [5.41, 5.74) is 1.70. The maximum Gasteiger partial charge on any atom is 0.365 e. The summed E-state index contributed by atoms with van der Waals surface area (Å²) in [7, 11) is 0. The number of carbonyl (C=O) groups is 1. The number of carboxylic acid groups (broad SMARTS) is 1. The van der Waals surface area contributed by atoms with Crippen molar-refractivity contribution in [3.05, 3.63) is 35.7 Å². The van der Waals surface area contributed by atoms with Crippen molar-refractivity contribution in [2.45, 2.75) is 6.42 Å². The fraction of sp³-hybridized carbons (Fsp3) is 0.182. The molecule has 1 aliphatic heterocycles. The van der Waals surface area contributed by atoms with Crippen LogP contribution in [0, 0.1) is 0 Å². The number of benzene rings is 1. The molecule has 0 fully saturated rings. The van der Waals surface area contributed by atoms with Gasteiger partial charge in [0, 0.05) is 23.4 Å². The lowest BCUT2D eigenvalue weighted by Gasteiger charge is -2.20. The molecule has 0 aliphatic carbocycles. The number of anilines is 1. The van der Waals surface area contributed by atoms with Crippen LogP contribution >= 0.6 is 0 Å². The SMILES string of the molecule is O=C(O)/C(F)=C1/CCNc2ccccc21. The van der Waals surface area contributed by atoms with Crippen LogP contribution in [0.2, 0.25) is 0 Å². The number of hydrogen-bond acceptors (Lipinski definition) is 2. The van der Waals surface area contributed by atoms with Crippen LogP contribution in [0.3, 0.4) is 0 Å². The topological polar surface area (TPSA) is 49.3 Å². The van der Waals surface area contributed by atoms with E-state index in [2.05, 4.69) is 5.32 Å². The van der Waals surface area contributed by atoms with E-state index in [1.54, 1.807) is 12.1 Å². The molecule has 0 unspecified atom stereocenters. The molecule has 0 spiro atoms. The highest BCUT2D eigenvalue weighted by atomic mass is 19.1. The van der Waals surface area contributed by atoms with E-state index >= 15 is 0 Å². The van der Waals surface area contributed by atoms with Gasteiger partial charge in [0.1, 0.15) is 0 Å². The summed E-state index contributed by atoms with van der Waals surface area (Å²) in [5, 5.41) is 11.7. The minimum absolute atomic E-state index is 0.275. The third-order valence-electron chi connectivity index (χ3n) is 2.40. The van der Waals surface area contributed by atoms with Crippen LogP contribution in [-0.4, -0.2) is 17.6 Å². The first-order chi connectivity index (χ1) is 7.20. The quantitative estimate of drug-likeness (QED) is 0.694. The van der Waals surface area contributed by atoms with E-state index in [4.69, 9.17) is 5.11 Å². The number of nitrogens with one attached hydrogen (secondary N) is 1. The Hall–Kier alpha value is -1.84. The van der Waals surface area contributed by atoms with Crippen molar-refractivity contribution in [3.63, 3.8) is 0 Å². The second-order valence-electron chi connectivity index (χ2n) is 3.32. The lowest BCUT2D eigenvalue weighted by Crippen LogP contribution is -2.13. The van der Waals surface area contributed by atoms with E-state index in [0.29, 0.717) is 18.5 Å². The van der Waals surface area contributed by atoms with E-state index in [-0.39, 0.29) is 5.57 Å². The van der Waals surface area contributed by atoms with E-state index < -0.39 is 11.8 Å². The predicted molar refractivity (Wildman–Crippen MR) is 55.2 cm³/mol. The molecule has 3 nitrogen and oxygen atoms in total. The molecular weight excluding hydrogens is 197 g/mol. The number of halogens is 1. The van der Waals surface area contributed by atoms with Gasteiger partial charge in [-0.2, -0.15) is 4.39 Å². The Kier molecular flexibility index (Phi) is 2.41. The molecule has 2 rings (SSSR count). The second-order valence-corrected chi connectivity index (χ2v) is 3.32. The molecule has 2 N–H and O–H groups in total. The van der Waals surface area contributed by atoms with Crippen molar-refractivity contribution < 1.29 is 14.3 Å². The van der Waals surface area contributed by atoms with Gasteiger partial charge in [-0.25, -0.2) is 4.79 Å². The van der Waals surface area contributed by atoms with Crippen molar-refractivity contribution in [2.24, 2.45) is 0 Å². The smallest absolute Gasteiger partial charge is 0.365 e. The average Bonchev–Trinajstić information content (AvgIpc) is 2.27. The second kappa shape index (κ2) is 3.73. The van der Waals surface area contributed by atoms with Gasteiger partial charge >= 0.3 is 5.97 Å². The molecule has 1 heterocycles. The highest BCUT2D eigenvalue weighted by molar-refractivity contribution is 5.96. The third kappa shape index (κ3) is 1.70. The predicted octanol–water partition coefficient (Wildman–Crippen LogP) is 2.27. The van der Waals surface area contributed by atoms with Crippen molar-refractivity contribution in [2.75, 3.05) is 11.9 Å². The maximum atomic E-state index is 13.3. The normalized spacial score (nSPS) is 17.7. The Balaban J connectivity index is 2.55. The van der Waals surface area contributed by atoms with Crippen molar-refractivity contribution >= 4 is 17.2 Å². The molecule has 0 atom stereocenters. The molecule has 78 valence electrons. The first-order valence-electron chi connectivity index (χ1n) is 4.65. The highest BCUT2D eigenvalue weighted by Crippen LogP contribution is 2.33. The minimum atomic E-state index is -1.50. The molecule has 0 saturated heterocycles. The standard InChI is InChI=1S/C11H10FNO2/c12-10(11(14)15)8-5-6-13-9-4-2-1-3-7(8)9/h1-4,13H,5-6H2,(H,14,15)/b10-8+. The Morgan fingerprint density at radius 2 is 2.13 bits per heavy atom. The zero-order valence-corrected chi connectivity index (χ0v) is 7.96. The molecule has 1 aromatic rings. The van der Waals surface area contributed by atoms with Gasteiger partial charge in [0.15, 0.2) is 0 Å². The lowest BCUT2D eigenvalue weighted by atomic mass is 9.96. The Morgan fingerprint density at radius 1 is 1.40 bits per heavy atom. The van der Waals surface area contributed by atoms with Gasteiger partial charge in [-0.3, -0.25) is 0 Å². The number of hydrogen-bond donors (Lipinski definition) is 2. The Morgan fingerprint density at radius 3 is 2.87 bits per heavy atom. The van der Waals surface area contributed by atoms with Gasteiger partial charge < -0.3 is 10.4 Å². The van der Waals surface area contributed by atoms with Crippen molar-refractivity contribution in [1.82, 2.24) is 0 Å². The zero-order valence-electron chi connectivity index (χ0n) is 7.96. The monoisotopic (exact) mass is 207 g/mol. The Labute approximate surface area is 86.2 Å². The van der Waals surface area contributed by atoms with E-state index in [0.717, 1.165) is 5.69 Å². The molecule has 0 amide bonds. The van der Waals surface area contributed by atoms with Gasteiger partial charge in [0.25, 0.3) is 0 Å². The van der Waals surface area contributed by atoms with Crippen molar-refractivity contribution in [1.29, 1.82) is 0 Å². The molecule has 15 heavy (non-hydrogen) atoms. The van der Waals surface area contributed by atoms with Gasteiger partial charge in [-0.05, 0) is 12.5 Å². The third-order valence-corrected chi connectivity index (χ3v) is 2.40. The van der Waals surface area contributed by atoms with E-state index in [1.807, 2.05) is 12.1 Å². The average molecular weight is 207 g/mol. The van der Waals surface area contributed by atoms with Gasteiger partial charge in [0.05, 0.1) is 0 Å². The minimum Gasteiger partial charge on any atom is -0.476 e. The summed E-state index contributed by atoms with van der Waals surface area (Å²) in [6.45, 7) is 0.563. The Bertz CT molecular complexity index is 440. The molecule has 0 radical (unpaired) electrons. The number of para-hydroxylation sites is 1. The maximum absolute atomic E-state index is 13.3. The molecule has 0 bridgehead atoms. The summed E-state index contributed by atoms with van der Waals surface area (Å²) in [6, 6.07) is 7.12. The first kappa shape index (κ1) is 9.71. The molecular formula is C11H10FNO2. The van der Waals surface area contributed by atoms with E-state index in [1.165, 1.54) is 0 Å². The fourth-order valence-corrected chi connectivity index (χ4v) is 1.71. The van der Waals surface area contributed by atoms with Crippen molar-refractivity contribution in [3.8, 4) is 0 Å². The summed E-state index contributed by atoms with van der Waals surface area (Å²) < 4.78 is 13.3. The fourth-order valence-electron chi connectivity index (χ4n) is 1.71. The summed E-state index contributed by atoms with van der Waals surface area (Å²) in [4.78, 5) is 10.6. The number of rotatable bonds is 1. The van der Waals surface area contributed by atoms with Crippen LogP contribution < -0.4 is 5.32 Å². The largest absolute Gasteiger partial charge is 0.476 e. The molecule has 1 aliphatic rings. The molecule has 1 aromatic carbocycles. The summed E-state index contributed by atoms with van der Waals surface area (Å²) in [6.07, 6.45) is 0.398. The van der Waals surface area contributed by atoms with Gasteiger partial charge in [-0.15, -0.1) is 0 Å². The number of carboxylic acids is 1. The zero-order chi connectivity index (χ0) is 10.8. The number of aliphatic carboxylic acids is 1. The van der Waals surface area contributed by atoms with Crippen LogP contribution in [0.4, 0.5) is 10.1 Å². The summed E-state index contributed by atoms with van der Waals surface area (Å²) in [5.74, 6) is -2.55. The molecule has 0 saturated carbocycles. The lowest BCUT2D eigenvalue weighted by molar-refractivity contribution is -0.134. The van der Waals surface area contributed by atoms with Crippen LogP contribution in [0.25, 0.3) is 5.57 Å².